The van der Waals surface area contributed by atoms with Gasteiger partial charge in [0.2, 0.25) is 0 Å². The van der Waals surface area contributed by atoms with Crippen LogP contribution in [0.1, 0.15) is 59.3 Å². The first-order chi connectivity index (χ1) is 11.5. The molecule has 0 bridgehead atoms. The fraction of sp³-hybridized carbons (Fsp3) is 0.667. The highest BCUT2D eigenvalue weighted by atomic mass is 35.5. The minimum atomic E-state index is -2.32. The lowest BCUT2D eigenvalue weighted by molar-refractivity contribution is 0.230. The van der Waals surface area contributed by atoms with Gasteiger partial charge in [0.1, 0.15) is 5.75 Å². The van der Waals surface area contributed by atoms with Crippen molar-refractivity contribution in [2.75, 3.05) is 6.61 Å². The molecule has 138 valence electrons. The average Bonchev–Trinajstić information content (AvgIpc) is 2.57. The first-order valence-electron chi connectivity index (χ1n) is 8.95. The van der Waals surface area contributed by atoms with E-state index in [2.05, 4.69) is 20.8 Å². The Morgan fingerprint density at radius 2 is 1.38 bits per heavy atom. The molecule has 1 aromatic carbocycles. The van der Waals surface area contributed by atoms with Crippen LogP contribution in [0.2, 0.25) is 27.2 Å². The zero-order valence-electron chi connectivity index (χ0n) is 15.0. The van der Waals surface area contributed by atoms with Crippen LogP contribution in [0.25, 0.3) is 0 Å². The number of rotatable bonds is 12. The van der Waals surface area contributed by atoms with Crippen LogP contribution < -0.4 is 4.43 Å². The van der Waals surface area contributed by atoms with E-state index in [9.17, 15) is 0 Å². The van der Waals surface area contributed by atoms with E-state index in [4.69, 9.17) is 43.7 Å². The number of hydrogen-bond acceptors (Lipinski definition) is 2. The van der Waals surface area contributed by atoms with Crippen molar-refractivity contribution in [3.05, 3.63) is 27.2 Å². The summed E-state index contributed by atoms with van der Waals surface area (Å²) in [6.45, 7) is 7.21. The van der Waals surface area contributed by atoms with Crippen molar-refractivity contribution in [2.24, 2.45) is 0 Å². The molecule has 0 saturated heterocycles. The average molecular weight is 412 g/mol. The van der Waals surface area contributed by atoms with Crippen molar-refractivity contribution >= 4 is 43.4 Å². The Morgan fingerprint density at radius 3 is 2.00 bits per heavy atom. The lowest BCUT2D eigenvalue weighted by Crippen LogP contribution is -2.44. The van der Waals surface area contributed by atoms with Crippen LogP contribution in [0.15, 0.2) is 12.1 Å². The zero-order valence-corrected chi connectivity index (χ0v) is 18.2. The monoisotopic (exact) mass is 410 g/mol. The van der Waals surface area contributed by atoms with Crippen molar-refractivity contribution in [1.82, 2.24) is 0 Å². The molecule has 0 aliphatic carbocycles. The molecule has 24 heavy (non-hydrogen) atoms. The molecule has 0 saturated carbocycles. The summed E-state index contributed by atoms with van der Waals surface area (Å²) in [6, 6.07) is 5.05. The van der Waals surface area contributed by atoms with E-state index < -0.39 is 8.56 Å². The topological polar surface area (TPSA) is 18.5 Å². The van der Waals surface area contributed by atoms with Gasteiger partial charge in [-0.15, -0.1) is 0 Å². The highest BCUT2D eigenvalue weighted by Gasteiger charge is 2.36. The van der Waals surface area contributed by atoms with Gasteiger partial charge in [-0.1, -0.05) is 87.7 Å². The van der Waals surface area contributed by atoms with Gasteiger partial charge in [0.05, 0.1) is 15.1 Å². The standard InChI is InChI=1S/C18H29Cl3O2Si/c1-4-7-8-9-10-11-12-22-24(5-2,6-3)23-18-14-16(20)15(19)13-17(18)21/h13-14H,4-12H2,1-3H3. The maximum absolute atomic E-state index is 6.25. The second kappa shape index (κ2) is 11.6. The summed E-state index contributed by atoms with van der Waals surface area (Å²) < 4.78 is 12.5. The molecule has 0 unspecified atom stereocenters. The molecule has 1 rings (SSSR count). The molecule has 1 aromatic rings. The van der Waals surface area contributed by atoms with Crippen molar-refractivity contribution < 1.29 is 8.85 Å². The molecule has 0 heterocycles. The summed E-state index contributed by atoms with van der Waals surface area (Å²) in [5.74, 6) is 0.573. The summed E-state index contributed by atoms with van der Waals surface area (Å²) in [5.41, 5.74) is 0. The molecule has 0 amide bonds. The quantitative estimate of drug-likeness (QED) is 0.198. The van der Waals surface area contributed by atoms with E-state index >= 15 is 0 Å². The van der Waals surface area contributed by atoms with Crippen LogP contribution in [0.3, 0.4) is 0 Å². The molecule has 0 atom stereocenters. The van der Waals surface area contributed by atoms with E-state index in [1.54, 1.807) is 12.1 Å². The first-order valence-corrected chi connectivity index (χ1v) is 12.3. The molecular weight excluding hydrogens is 383 g/mol. The molecule has 0 spiro atoms. The van der Waals surface area contributed by atoms with Crippen molar-refractivity contribution in [3.63, 3.8) is 0 Å². The second-order valence-electron chi connectivity index (χ2n) is 6.03. The Bertz CT molecular complexity index is 493. The lowest BCUT2D eigenvalue weighted by atomic mass is 10.1. The molecule has 0 aliphatic heterocycles. The third-order valence-electron chi connectivity index (χ3n) is 4.21. The van der Waals surface area contributed by atoms with Crippen molar-refractivity contribution in [2.45, 2.75) is 71.4 Å². The number of unbranched alkanes of at least 4 members (excludes halogenated alkanes) is 5. The van der Waals surface area contributed by atoms with Gasteiger partial charge in [-0.2, -0.15) is 0 Å². The van der Waals surface area contributed by atoms with Gasteiger partial charge < -0.3 is 8.85 Å². The third kappa shape index (κ3) is 7.13. The van der Waals surface area contributed by atoms with Gasteiger partial charge in [-0.25, -0.2) is 0 Å². The molecule has 0 fully saturated rings. The minimum Gasteiger partial charge on any atom is -0.519 e. The fourth-order valence-electron chi connectivity index (χ4n) is 2.55. The smallest absolute Gasteiger partial charge is 0.398 e. The van der Waals surface area contributed by atoms with Crippen molar-refractivity contribution in [1.29, 1.82) is 0 Å². The van der Waals surface area contributed by atoms with E-state index in [1.807, 2.05) is 0 Å². The Morgan fingerprint density at radius 1 is 0.792 bits per heavy atom. The maximum atomic E-state index is 6.25. The summed E-state index contributed by atoms with van der Waals surface area (Å²) >= 11 is 18.3. The summed E-state index contributed by atoms with van der Waals surface area (Å²) in [7, 11) is -2.32. The van der Waals surface area contributed by atoms with Crippen LogP contribution in [0, 0.1) is 0 Å². The van der Waals surface area contributed by atoms with E-state index in [0.29, 0.717) is 20.8 Å². The Hall–Kier alpha value is 0.0669. The first kappa shape index (κ1) is 22.1. The number of benzene rings is 1. The highest BCUT2D eigenvalue weighted by molar-refractivity contribution is 6.68. The predicted molar refractivity (Wildman–Crippen MR) is 108 cm³/mol. The van der Waals surface area contributed by atoms with Crippen LogP contribution in [-0.4, -0.2) is 15.2 Å². The van der Waals surface area contributed by atoms with E-state index in [-0.39, 0.29) is 0 Å². The SMILES string of the molecule is CCCCCCCCO[Si](CC)(CC)Oc1cc(Cl)c(Cl)cc1Cl. The van der Waals surface area contributed by atoms with Gasteiger partial charge in [0.25, 0.3) is 0 Å². The third-order valence-corrected chi connectivity index (χ3v) is 8.71. The van der Waals surface area contributed by atoms with Gasteiger partial charge >= 0.3 is 8.56 Å². The Balaban J connectivity index is 2.60. The van der Waals surface area contributed by atoms with Gasteiger partial charge in [-0.05, 0) is 24.6 Å². The van der Waals surface area contributed by atoms with Crippen molar-refractivity contribution in [3.8, 4) is 5.75 Å². The Labute approximate surface area is 163 Å². The van der Waals surface area contributed by atoms with Crippen LogP contribution in [-0.2, 0) is 4.43 Å². The predicted octanol–water partition coefficient (Wildman–Crippen LogP) is 7.88. The number of halogens is 3. The second-order valence-corrected chi connectivity index (χ2v) is 11.0. The molecule has 2 nitrogen and oxygen atoms in total. The van der Waals surface area contributed by atoms with E-state index in [0.717, 1.165) is 25.1 Å². The van der Waals surface area contributed by atoms with Crippen LogP contribution in [0.5, 0.6) is 5.75 Å². The van der Waals surface area contributed by atoms with Gasteiger partial charge in [-0.3, -0.25) is 0 Å². The molecule has 0 aliphatic rings. The lowest BCUT2D eigenvalue weighted by Gasteiger charge is -2.30. The van der Waals surface area contributed by atoms with Crippen LogP contribution in [0.4, 0.5) is 0 Å². The minimum absolute atomic E-state index is 0.433. The largest absolute Gasteiger partial charge is 0.519 e. The Kier molecular flexibility index (Phi) is 10.7. The molecule has 0 aromatic heterocycles. The van der Waals surface area contributed by atoms with E-state index in [1.165, 1.54) is 32.1 Å². The summed E-state index contributed by atoms with van der Waals surface area (Å²) in [5, 5.41) is 1.36. The van der Waals surface area contributed by atoms with Gasteiger partial charge in [0, 0.05) is 12.7 Å². The number of hydrogen-bond donors (Lipinski definition) is 0. The zero-order chi connectivity index (χ0) is 18.0. The normalized spacial score (nSPS) is 11.8. The summed E-state index contributed by atoms with van der Waals surface area (Å²) in [4.78, 5) is 0. The highest BCUT2D eigenvalue weighted by Crippen LogP contribution is 2.36. The van der Waals surface area contributed by atoms with Crippen LogP contribution >= 0.6 is 34.8 Å². The molecular formula is C18H29Cl3O2Si. The molecule has 0 radical (unpaired) electrons. The summed E-state index contributed by atoms with van der Waals surface area (Å²) in [6.07, 6.45) is 7.49. The molecule has 6 heteroatoms. The fourth-order valence-corrected chi connectivity index (χ4v) is 5.53. The maximum Gasteiger partial charge on any atom is 0.398 e. The van der Waals surface area contributed by atoms with Gasteiger partial charge in [0.15, 0.2) is 0 Å². The molecule has 0 N–H and O–H groups in total.